The number of carboxylic acids is 1. The predicted molar refractivity (Wildman–Crippen MR) is 113 cm³/mol. The lowest BCUT2D eigenvalue weighted by Crippen LogP contribution is -2.43. The highest BCUT2D eigenvalue weighted by Gasteiger charge is 2.36. The van der Waals surface area contributed by atoms with Gasteiger partial charge in [-0.25, -0.2) is 9.78 Å². The van der Waals surface area contributed by atoms with Gasteiger partial charge in [-0.3, -0.25) is 15.0 Å². The number of carboxylic acid groups (broad SMARTS) is 1. The smallest absolute Gasteiger partial charge is 0.328 e. The molecule has 1 saturated carbocycles. The standard InChI is InChI=1S/C21H26N6O4/c22-18(23)13-5-7-14(8-6-13)26-20(29)16-4-2-1-3-15(16)19(28)25-11-17(21(30)31)27-10-9-24-12-27/h5-10,12,15-17H,1-4,11H2,(H3,22,23)(H,25,28)(H,26,29)(H,30,31). The minimum Gasteiger partial charge on any atom is -0.480 e. The van der Waals surface area contributed by atoms with E-state index in [1.54, 1.807) is 24.3 Å². The average molecular weight is 426 g/mol. The van der Waals surface area contributed by atoms with Gasteiger partial charge in [-0.15, -0.1) is 0 Å². The largest absolute Gasteiger partial charge is 0.480 e. The minimum absolute atomic E-state index is 0.0581. The monoisotopic (exact) mass is 426 g/mol. The van der Waals surface area contributed by atoms with Crippen molar-refractivity contribution in [2.45, 2.75) is 31.7 Å². The molecule has 3 unspecified atom stereocenters. The topological polar surface area (TPSA) is 163 Å². The molecule has 164 valence electrons. The van der Waals surface area contributed by atoms with Crippen LogP contribution in [0, 0.1) is 17.2 Å². The lowest BCUT2D eigenvalue weighted by Gasteiger charge is -2.30. The number of amides is 2. The molecule has 3 atom stereocenters. The molecule has 2 aromatic rings. The molecular formula is C21H26N6O4. The molecule has 1 fully saturated rings. The number of aromatic nitrogens is 2. The van der Waals surface area contributed by atoms with Crippen molar-refractivity contribution in [3.05, 3.63) is 48.5 Å². The second kappa shape index (κ2) is 9.88. The third-order valence-corrected chi connectivity index (χ3v) is 5.54. The normalized spacial score (nSPS) is 19.2. The molecule has 3 rings (SSSR count). The van der Waals surface area contributed by atoms with Gasteiger partial charge in [0.05, 0.1) is 6.33 Å². The van der Waals surface area contributed by atoms with E-state index in [-0.39, 0.29) is 24.2 Å². The van der Waals surface area contributed by atoms with E-state index in [1.807, 2.05) is 0 Å². The van der Waals surface area contributed by atoms with Crippen LogP contribution in [0.2, 0.25) is 0 Å². The molecule has 1 aromatic carbocycles. The van der Waals surface area contributed by atoms with Crippen LogP contribution < -0.4 is 16.4 Å². The number of nitrogens with two attached hydrogens (primary N) is 1. The van der Waals surface area contributed by atoms with Crippen molar-refractivity contribution in [3.8, 4) is 0 Å². The molecule has 1 aromatic heterocycles. The van der Waals surface area contributed by atoms with Gasteiger partial charge in [0.1, 0.15) is 11.9 Å². The van der Waals surface area contributed by atoms with Crippen molar-refractivity contribution in [1.82, 2.24) is 14.9 Å². The molecule has 6 N–H and O–H groups in total. The number of nitrogen functional groups attached to an aromatic ring is 1. The molecule has 0 radical (unpaired) electrons. The summed E-state index contributed by atoms with van der Waals surface area (Å²) in [6.45, 7) is -0.0954. The summed E-state index contributed by atoms with van der Waals surface area (Å²) >= 11 is 0. The van der Waals surface area contributed by atoms with Crippen molar-refractivity contribution in [2.75, 3.05) is 11.9 Å². The maximum atomic E-state index is 12.9. The second-order valence-corrected chi connectivity index (χ2v) is 7.59. The number of hydrogen-bond acceptors (Lipinski definition) is 5. The fourth-order valence-electron chi connectivity index (χ4n) is 3.83. The second-order valence-electron chi connectivity index (χ2n) is 7.59. The molecule has 0 aliphatic heterocycles. The van der Waals surface area contributed by atoms with E-state index in [1.165, 1.54) is 23.3 Å². The van der Waals surface area contributed by atoms with E-state index in [9.17, 15) is 19.5 Å². The van der Waals surface area contributed by atoms with Gasteiger partial charge in [0.25, 0.3) is 0 Å². The van der Waals surface area contributed by atoms with Crippen molar-refractivity contribution < 1.29 is 19.5 Å². The number of aliphatic carboxylic acids is 1. The van der Waals surface area contributed by atoms with Crippen molar-refractivity contribution in [3.63, 3.8) is 0 Å². The molecular weight excluding hydrogens is 400 g/mol. The first kappa shape index (κ1) is 22.0. The minimum atomic E-state index is -1.08. The first-order valence-electron chi connectivity index (χ1n) is 10.1. The zero-order valence-electron chi connectivity index (χ0n) is 17.0. The van der Waals surface area contributed by atoms with Gasteiger partial charge < -0.3 is 26.0 Å². The Labute approximate surface area is 179 Å². The van der Waals surface area contributed by atoms with Gasteiger partial charge in [0.2, 0.25) is 11.8 Å². The number of carbonyl (C=O) groups excluding carboxylic acids is 2. The number of rotatable bonds is 8. The zero-order valence-corrected chi connectivity index (χ0v) is 17.0. The SMILES string of the molecule is N=C(N)c1ccc(NC(=O)C2CCCCC2C(=O)NCC(C(=O)O)n2ccnc2)cc1. The van der Waals surface area contributed by atoms with Crippen LogP contribution in [0.1, 0.15) is 37.3 Å². The van der Waals surface area contributed by atoms with Crippen LogP contribution in [-0.2, 0) is 14.4 Å². The van der Waals surface area contributed by atoms with Crippen molar-refractivity contribution >= 4 is 29.3 Å². The number of imidazole rings is 1. The van der Waals surface area contributed by atoms with Gasteiger partial charge in [-0.2, -0.15) is 0 Å². The van der Waals surface area contributed by atoms with Crippen LogP contribution in [0.25, 0.3) is 0 Å². The van der Waals surface area contributed by atoms with Gasteiger partial charge in [-0.1, -0.05) is 12.8 Å². The fourth-order valence-corrected chi connectivity index (χ4v) is 3.83. The number of amidine groups is 1. The lowest BCUT2D eigenvalue weighted by atomic mass is 9.78. The van der Waals surface area contributed by atoms with E-state index >= 15 is 0 Å². The molecule has 10 heteroatoms. The average Bonchev–Trinajstić information content (AvgIpc) is 3.28. The Morgan fingerprint density at radius 1 is 1.16 bits per heavy atom. The number of hydrogen-bond donors (Lipinski definition) is 5. The van der Waals surface area contributed by atoms with E-state index in [2.05, 4.69) is 15.6 Å². The van der Waals surface area contributed by atoms with Gasteiger partial charge in [-0.05, 0) is 37.1 Å². The summed E-state index contributed by atoms with van der Waals surface area (Å²) < 4.78 is 1.42. The van der Waals surface area contributed by atoms with E-state index in [0.29, 0.717) is 24.1 Å². The Morgan fingerprint density at radius 2 is 1.81 bits per heavy atom. The third kappa shape index (κ3) is 5.47. The Balaban J connectivity index is 1.63. The van der Waals surface area contributed by atoms with Crippen LogP contribution in [0.3, 0.4) is 0 Å². The van der Waals surface area contributed by atoms with Crippen molar-refractivity contribution in [2.24, 2.45) is 17.6 Å². The highest BCUT2D eigenvalue weighted by molar-refractivity contribution is 5.98. The molecule has 10 nitrogen and oxygen atoms in total. The molecule has 0 bridgehead atoms. The van der Waals surface area contributed by atoms with Gasteiger partial charge >= 0.3 is 5.97 Å². The number of anilines is 1. The van der Waals surface area contributed by atoms with Crippen LogP contribution in [0.4, 0.5) is 5.69 Å². The molecule has 0 spiro atoms. The number of nitrogens with zero attached hydrogens (tertiary/aromatic N) is 2. The highest BCUT2D eigenvalue weighted by Crippen LogP contribution is 2.31. The summed E-state index contributed by atoms with van der Waals surface area (Å²) in [5.41, 5.74) is 6.56. The van der Waals surface area contributed by atoms with Crippen LogP contribution >= 0.6 is 0 Å². The maximum absolute atomic E-state index is 12.9. The summed E-state index contributed by atoms with van der Waals surface area (Å²) in [7, 11) is 0. The first-order valence-corrected chi connectivity index (χ1v) is 10.1. The van der Waals surface area contributed by atoms with Crippen LogP contribution in [0.5, 0.6) is 0 Å². The lowest BCUT2D eigenvalue weighted by molar-refractivity contribution is -0.141. The summed E-state index contributed by atoms with van der Waals surface area (Å²) in [6, 6.07) is 5.64. The van der Waals surface area contributed by atoms with Crippen LogP contribution in [-0.4, -0.2) is 44.8 Å². The molecule has 1 heterocycles. The fraction of sp³-hybridized carbons (Fsp3) is 0.381. The Hall–Kier alpha value is -3.69. The number of benzene rings is 1. The first-order chi connectivity index (χ1) is 14.9. The van der Waals surface area contributed by atoms with E-state index in [4.69, 9.17) is 11.1 Å². The third-order valence-electron chi connectivity index (χ3n) is 5.54. The van der Waals surface area contributed by atoms with Crippen LogP contribution in [0.15, 0.2) is 43.0 Å². The van der Waals surface area contributed by atoms with E-state index in [0.717, 1.165) is 12.8 Å². The molecule has 1 aliphatic carbocycles. The molecule has 0 saturated heterocycles. The Bertz CT molecular complexity index is 941. The quantitative estimate of drug-likeness (QED) is 0.316. The summed E-state index contributed by atoms with van der Waals surface area (Å²) in [5.74, 6) is -2.74. The summed E-state index contributed by atoms with van der Waals surface area (Å²) in [5, 5.41) is 22.4. The van der Waals surface area contributed by atoms with E-state index < -0.39 is 23.8 Å². The predicted octanol–water partition coefficient (Wildman–Crippen LogP) is 1.35. The number of carbonyl (C=O) groups is 3. The van der Waals surface area contributed by atoms with Gasteiger partial charge in [0, 0.05) is 42.0 Å². The van der Waals surface area contributed by atoms with Gasteiger partial charge in [0.15, 0.2) is 0 Å². The Morgan fingerprint density at radius 3 is 2.35 bits per heavy atom. The molecule has 2 amide bonds. The number of nitrogens with one attached hydrogen (secondary N) is 3. The van der Waals surface area contributed by atoms with Crippen molar-refractivity contribution in [1.29, 1.82) is 5.41 Å². The maximum Gasteiger partial charge on any atom is 0.328 e. The zero-order chi connectivity index (χ0) is 22.4. The Kier molecular flexibility index (Phi) is 7.01. The highest BCUT2D eigenvalue weighted by atomic mass is 16.4. The summed E-state index contributed by atoms with van der Waals surface area (Å²) in [6.07, 6.45) is 7.22. The summed E-state index contributed by atoms with van der Waals surface area (Å²) in [4.78, 5) is 41.1. The molecule has 1 aliphatic rings. The molecule has 31 heavy (non-hydrogen) atoms.